The van der Waals surface area contributed by atoms with Crippen molar-refractivity contribution < 1.29 is 30.8 Å². The standard InChI is InChI=1S/C43H56N2O6S2/c1-8-10-28-44-38-26-24-33(3)31-36(38)42(4,5)40(44)22-16-12-11-13-17-23-41-43(6,7)37-32-35(53(49,50)51)25-27-39(37)45(41)29-18-14-15-20-34(46)21-19-30-52(47,48)9-2/h9,11-13,16-17,22-27,31-32H,2,8,10,14-15,18-21,28-30H2,1,3-7H3/p+1. The quantitative estimate of drug-likeness (QED) is 0.0658. The number of anilines is 1. The second kappa shape index (κ2) is 17.5. The molecule has 2 aromatic carbocycles. The van der Waals surface area contributed by atoms with Gasteiger partial charge in [-0.1, -0.05) is 81.8 Å². The molecule has 0 saturated carbocycles. The Morgan fingerprint density at radius 3 is 2.25 bits per heavy atom. The van der Waals surface area contributed by atoms with Gasteiger partial charge in [-0.05, 0) is 76.3 Å². The molecule has 0 spiro atoms. The lowest BCUT2D eigenvalue weighted by Gasteiger charge is -2.27. The van der Waals surface area contributed by atoms with Crippen molar-refractivity contribution >= 4 is 42.8 Å². The third kappa shape index (κ3) is 10.2. The minimum atomic E-state index is -4.37. The topological polar surface area (TPSA) is 112 Å². The predicted molar refractivity (Wildman–Crippen MR) is 218 cm³/mol. The monoisotopic (exact) mass is 761 g/mol. The van der Waals surface area contributed by atoms with Gasteiger partial charge in [-0.15, -0.1) is 0 Å². The van der Waals surface area contributed by atoms with Gasteiger partial charge in [0.15, 0.2) is 15.5 Å². The SMILES string of the molecule is C=CS(=O)(=O)CCCC(=O)CCCCC[N+]1=C(C=CC=CC=CC=C2N(CCCC)c3ccc(C)cc3C2(C)C)C(C)(C)c2cc(S(=O)(=O)O)ccc21. The Balaban J connectivity index is 1.48. The van der Waals surface area contributed by atoms with Crippen molar-refractivity contribution in [2.24, 2.45) is 0 Å². The molecule has 10 heteroatoms. The van der Waals surface area contributed by atoms with Gasteiger partial charge in [-0.3, -0.25) is 9.35 Å². The summed E-state index contributed by atoms with van der Waals surface area (Å²) >= 11 is 0. The molecule has 4 rings (SSSR count). The first-order valence-corrected chi connectivity index (χ1v) is 21.8. The zero-order valence-corrected chi connectivity index (χ0v) is 33.9. The van der Waals surface area contributed by atoms with Crippen LogP contribution in [0.1, 0.15) is 103 Å². The summed E-state index contributed by atoms with van der Waals surface area (Å²) in [5.41, 5.74) is 7.27. The number of allylic oxidation sites excluding steroid dienone is 8. The highest BCUT2D eigenvalue weighted by atomic mass is 32.2. The van der Waals surface area contributed by atoms with Gasteiger partial charge in [0, 0.05) is 65.7 Å². The number of hydrogen-bond acceptors (Lipinski definition) is 6. The smallest absolute Gasteiger partial charge is 0.294 e. The minimum Gasteiger partial charge on any atom is -0.344 e. The molecule has 0 atom stereocenters. The Hall–Kier alpha value is -3.86. The van der Waals surface area contributed by atoms with Gasteiger partial charge in [-0.2, -0.15) is 13.0 Å². The summed E-state index contributed by atoms with van der Waals surface area (Å²) in [6.45, 7) is 18.0. The van der Waals surface area contributed by atoms with E-state index in [1.165, 1.54) is 28.6 Å². The average molecular weight is 762 g/mol. The highest BCUT2D eigenvalue weighted by Crippen LogP contribution is 2.48. The molecule has 0 radical (unpaired) electrons. The maximum atomic E-state index is 12.3. The van der Waals surface area contributed by atoms with Gasteiger partial charge in [0.05, 0.1) is 16.1 Å². The minimum absolute atomic E-state index is 0.0582. The zero-order valence-electron chi connectivity index (χ0n) is 32.3. The Labute approximate surface area is 318 Å². The second-order valence-corrected chi connectivity index (χ2v) is 18.6. The largest absolute Gasteiger partial charge is 0.344 e. The third-order valence-corrected chi connectivity index (χ3v) is 12.6. The molecule has 8 nitrogen and oxygen atoms in total. The van der Waals surface area contributed by atoms with Crippen LogP contribution in [0.2, 0.25) is 0 Å². The molecule has 0 aliphatic carbocycles. The van der Waals surface area contributed by atoms with E-state index in [-0.39, 0.29) is 28.3 Å². The van der Waals surface area contributed by atoms with E-state index >= 15 is 0 Å². The molecular weight excluding hydrogens is 705 g/mol. The van der Waals surface area contributed by atoms with E-state index in [0.717, 1.165) is 54.6 Å². The lowest BCUT2D eigenvalue weighted by Crippen LogP contribution is -2.28. The van der Waals surface area contributed by atoms with Crippen LogP contribution in [0.3, 0.4) is 0 Å². The van der Waals surface area contributed by atoms with Crippen LogP contribution in [0.5, 0.6) is 0 Å². The van der Waals surface area contributed by atoms with E-state index in [1.54, 1.807) is 12.1 Å². The maximum Gasteiger partial charge on any atom is 0.294 e. The van der Waals surface area contributed by atoms with Crippen LogP contribution in [-0.2, 0) is 35.6 Å². The van der Waals surface area contributed by atoms with Crippen LogP contribution in [-0.4, -0.2) is 56.3 Å². The van der Waals surface area contributed by atoms with E-state index in [9.17, 15) is 26.2 Å². The fraction of sp³-hybridized carbons (Fsp3) is 0.442. The second-order valence-electron chi connectivity index (χ2n) is 15.1. The predicted octanol–water partition coefficient (Wildman–Crippen LogP) is 9.24. The molecule has 0 saturated heterocycles. The zero-order chi connectivity index (χ0) is 39.0. The highest BCUT2D eigenvalue weighted by Gasteiger charge is 2.45. The van der Waals surface area contributed by atoms with E-state index in [2.05, 4.69) is 80.2 Å². The lowest BCUT2D eigenvalue weighted by atomic mass is 9.81. The summed E-state index contributed by atoms with van der Waals surface area (Å²) in [4.78, 5) is 14.7. The van der Waals surface area contributed by atoms with E-state index in [0.29, 0.717) is 25.8 Å². The van der Waals surface area contributed by atoms with E-state index in [4.69, 9.17) is 0 Å². The molecule has 0 amide bonds. The number of aryl methyl sites for hydroxylation is 1. The van der Waals surface area contributed by atoms with Gasteiger partial charge >= 0.3 is 0 Å². The summed E-state index contributed by atoms with van der Waals surface area (Å²) in [5, 5.41) is 0.935. The number of ketones is 1. The van der Waals surface area contributed by atoms with Crippen LogP contribution < -0.4 is 4.90 Å². The summed E-state index contributed by atoms with van der Waals surface area (Å²) in [7, 11) is -7.67. The molecule has 2 aliphatic heterocycles. The number of rotatable bonds is 19. The summed E-state index contributed by atoms with van der Waals surface area (Å²) in [5.74, 6) is -0.00483. The summed E-state index contributed by atoms with van der Waals surface area (Å²) < 4.78 is 59.2. The first kappa shape index (κ1) is 41.9. The van der Waals surface area contributed by atoms with Crippen molar-refractivity contribution in [1.29, 1.82) is 0 Å². The van der Waals surface area contributed by atoms with Crippen molar-refractivity contribution in [1.82, 2.24) is 0 Å². The number of sulfone groups is 1. The number of Topliss-reactive ketones (excluding diaryl/α,β-unsaturated/α-hetero) is 1. The number of benzene rings is 2. The van der Waals surface area contributed by atoms with Crippen molar-refractivity contribution in [3.63, 3.8) is 0 Å². The average Bonchev–Trinajstić information content (AvgIpc) is 3.43. The third-order valence-electron chi connectivity index (χ3n) is 10.4. The molecular formula is C43H57N2O6S2+. The lowest BCUT2D eigenvalue weighted by molar-refractivity contribution is -0.438. The number of unbranched alkanes of at least 4 members (excludes halogenated alkanes) is 3. The van der Waals surface area contributed by atoms with Gasteiger partial charge < -0.3 is 4.90 Å². The van der Waals surface area contributed by atoms with Crippen LogP contribution in [0.15, 0.2) is 102 Å². The first-order chi connectivity index (χ1) is 24.9. The van der Waals surface area contributed by atoms with Crippen LogP contribution in [0, 0.1) is 6.92 Å². The Morgan fingerprint density at radius 2 is 1.55 bits per heavy atom. The summed E-state index contributed by atoms with van der Waals surface area (Å²) in [6, 6.07) is 11.5. The van der Waals surface area contributed by atoms with Gasteiger partial charge in [-0.25, -0.2) is 8.42 Å². The van der Waals surface area contributed by atoms with E-state index in [1.807, 2.05) is 38.2 Å². The van der Waals surface area contributed by atoms with Crippen LogP contribution >= 0.6 is 0 Å². The molecule has 53 heavy (non-hydrogen) atoms. The van der Waals surface area contributed by atoms with Gasteiger partial charge in [0.2, 0.25) is 5.69 Å². The van der Waals surface area contributed by atoms with Gasteiger partial charge in [0.25, 0.3) is 10.1 Å². The van der Waals surface area contributed by atoms with Crippen molar-refractivity contribution in [3.05, 3.63) is 113 Å². The highest BCUT2D eigenvalue weighted by molar-refractivity contribution is 7.94. The fourth-order valence-electron chi connectivity index (χ4n) is 7.34. The molecule has 2 aliphatic rings. The molecule has 0 aromatic heterocycles. The van der Waals surface area contributed by atoms with Crippen LogP contribution in [0.25, 0.3) is 0 Å². The normalized spacial score (nSPS) is 17.5. The first-order valence-electron chi connectivity index (χ1n) is 18.7. The number of carbonyl (C=O) groups excluding carboxylic acids is 1. The maximum absolute atomic E-state index is 12.3. The van der Waals surface area contributed by atoms with Crippen molar-refractivity contribution in [3.8, 4) is 0 Å². The van der Waals surface area contributed by atoms with Gasteiger partial charge in [0.1, 0.15) is 12.3 Å². The summed E-state index contributed by atoms with van der Waals surface area (Å²) in [6.07, 6.45) is 19.9. The van der Waals surface area contributed by atoms with Crippen LogP contribution in [0.4, 0.5) is 11.4 Å². The Bertz CT molecular complexity index is 2070. The van der Waals surface area contributed by atoms with Crippen molar-refractivity contribution in [2.45, 2.75) is 109 Å². The molecule has 0 unspecified atom stereocenters. The molecule has 1 N–H and O–H groups in total. The molecule has 0 fully saturated rings. The number of nitrogens with zero attached hydrogens (tertiary/aromatic N) is 2. The Morgan fingerprint density at radius 1 is 0.849 bits per heavy atom. The molecule has 2 aromatic rings. The number of carbonyl (C=O) groups is 1. The van der Waals surface area contributed by atoms with E-state index < -0.39 is 25.4 Å². The Kier molecular flexibility index (Phi) is 13.8. The fourth-order valence-corrected chi connectivity index (χ4v) is 8.56. The van der Waals surface area contributed by atoms with Crippen molar-refractivity contribution in [2.75, 3.05) is 23.7 Å². The molecule has 0 bridgehead atoms. The number of hydrogen-bond donors (Lipinski definition) is 1. The molecule has 2 heterocycles. The number of fused-ring (bicyclic) bond motifs is 2. The molecule has 286 valence electrons.